The van der Waals surface area contributed by atoms with Crippen molar-refractivity contribution >= 4 is 5.78 Å². The molecule has 0 unspecified atom stereocenters. The highest BCUT2D eigenvalue weighted by Gasteiger charge is 2.10. The van der Waals surface area contributed by atoms with Gasteiger partial charge in [0.25, 0.3) is 0 Å². The van der Waals surface area contributed by atoms with E-state index < -0.39 is 6.10 Å². The third-order valence-electron chi connectivity index (χ3n) is 1.40. The van der Waals surface area contributed by atoms with Crippen molar-refractivity contribution in [1.82, 2.24) is 0 Å². The van der Waals surface area contributed by atoms with Crippen LogP contribution in [-0.4, -0.2) is 23.5 Å². The predicted molar refractivity (Wildman–Crippen MR) is 39.6 cm³/mol. The van der Waals surface area contributed by atoms with E-state index in [2.05, 4.69) is 0 Å². The van der Waals surface area contributed by atoms with Gasteiger partial charge in [-0.25, -0.2) is 0 Å². The Bertz CT molecular complexity index is 104. The van der Waals surface area contributed by atoms with E-state index >= 15 is 0 Å². The smallest absolute Gasteiger partial charge is 0.160 e. The van der Waals surface area contributed by atoms with Crippen molar-refractivity contribution in [2.45, 2.75) is 32.3 Å². The molecular weight excluding hydrogens is 130 g/mol. The fourth-order valence-electron chi connectivity index (χ4n) is 0.708. The summed E-state index contributed by atoms with van der Waals surface area (Å²) < 4.78 is 0. The van der Waals surface area contributed by atoms with Crippen molar-refractivity contribution < 1.29 is 9.90 Å². The number of rotatable bonds is 5. The van der Waals surface area contributed by atoms with E-state index in [1.165, 1.54) is 0 Å². The van der Waals surface area contributed by atoms with E-state index in [1.54, 1.807) is 6.92 Å². The van der Waals surface area contributed by atoms with Crippen molar-refractivity contribution in [2.75, 3.05) is 6.54 Å². The van der Waals surface area contributed by atoms with Crippen LogP contribution in [0.5, 0.6) is 0 Å². The van der Waals surface area contributed by atoms with Crippen LogP contribution in [0.3, 0.4) is 0 Å². The van der Waals surface area contributed by atoms with Gasteiger partial charge in [0.1, 0.15) is 6.10 Å². The standard InChI is InChI=1S/C7H15NO2/c1-2-6(9)7(10)4-3-5-8/h7,10H,2-5,8H2,1H3/t7-/m0/s1. The summed E-state index contributed by atoms with van der Waals surface area (Å²) in [5.74, 6) is -0.0894. The van der Waals surface area contributed by atoms with Crippen LogP contribution in [0.4, 0.5) is 0 Å². The molecule has 0 fully saturated rings. The zero-order chi connectivity index (χ0) is 7.98. The molecule has 0 aliphatic heterocycles. The summed E-state index contributed by atoms with van der Waals surface area (Å²) in [5.41, 5.74) is 5.20. The lowest BCUT2D eigenvalue weighted by atomic mass is 10.1. The van der Waals surface area contributed by atoms with Gasteiger partial charge in [-0.05, 0) is 19.4 Å². The van der Waals surface area contributed by atoms with Crippen LogP contribution in [0, 0.1) is 0 Å². The minimum absolute atomic E-state index is 0.0894. The van der Waals surface area contributed by atoms with E-state index in [1.807, 2.05) is 0 Å². The third-order valence-corrected chi connectivity index (χ3v) is 1.40. The van der Waals surface area contributed by atoms with E-state index in [9.17, 15) is 4.79 Å². The minimum atomic E-state index is -0.784. The molecule has 0 aromatic rings. The van der Waals surface area contributed by atoms with Gasteiger partial charge in [0.15, 0.2) is 5.78 Å². The van der Waals surface area contributed by atoms with Gasteiger partial charge < -0.3 is 10.8 Å². The summed E-state index contributed by atoms with van der Waals surface area (Å²) in [6.45, 7) is 2.28. The van der Waals surface area contributed by atoms with Gasteiger partial charge >= 0.3 is 0 Å². The Morgan fingerprint density at radius 1 is 1.70 bits per heavy atom. The fraction of sp³-hybridized carbons (Fsp3) is 0.857. The summed E-state index contributed by atoms with van der Waals surface area (Å²) in [4.78, 5) is 10.7. The number of hydrogen-bond acceptors (Lipinski definition) is 3. The van der Waals surface area contributed by atoms with Crippen molar-refractivity contribution in [1.29, 1.82) is 0 Å². The number of aliphatic hydroxyl groups excluding tert-OH is 1. The van der Waals surface area contributed by atoms with Gasteiger partial charge in [0.05, 0.1) is 0 Å². The molecule has 0 aliphatic carbocycles. The summed E-state index contributed by atoms with van der Waals surface area (Å²) in [5, 5.41) is 9.04. The zero-order valence-corrected chi connectivity index (χ0v) is 6.34. The number of nitrogens with two attached hydrogens (primary N) is 1. The van der Waals surface area contributed by atoms with Gasteiger partial charge in [0, 0.05) is 6.42 Å². The van der Waals surface area contributed by atoms with Crippen LogP contribution in [0.1, 0.15) is 26.2 Å². The number of carbonyl (C=O) groups is 1. The first kappa shape index (κ1) is 9.59. The third kappa shape index (κ3) is 3.58. The molecule has 0 amide bonds. The number of aliphatic hydroxyl groups is 1. The van der Waals surface area contributed by atoms with Gasteiger partial charge in [-0.3, -0.25) is 4.79 Å². The molecule has 0 bridgehead atoms. The molecule has 0 spiro atoms. The Balaban J connectivity index is 3.41. The molecule has 0 aromatic carbocycles. The monoisotopic (exact) mass is 145 g/mol. The molecule has 0 saturated carbocycles. The maximum absolute atomic E-state index is 10.7. The molecule has 0 heterocycles. The molecule has 0 rings (SSSR count). The first-order chi connectivity index (χ1) is 4.72. The van der Waals surface area contributed by atoms with Crippen LogP contribution in [0.2, 0.25) is 0 Å². The van der Waals surface area contributed by atoms with Crippen LogP contribution in [0.15, 0.2) is 0 Å². The Morgan fingerprint density at radius 2 is 2.30 bits per heavy atom. The molecule has 3 N–H and O–H groups in total. The maximum Gasteiger partial charge on any atom is 0.160 e. The van der Waals surface area contributed by atoms with Crippen LogP contribution in [0.25, 0.3) is 0 Å². The Kier molecular flexibility index (Phi) is 5.16. The van der Waals surface area contributed by atoms with Crippen LogP contribution >= 0.6 is 0 Å². The van der Waals surface area contributed by atoms with E-state index in [0.29, 0.717) is 25.8 Å². The van der Waals surface area contributed by atoms with Crippen LogP contribution in [-0.2, 0) is 4.79 Å². The lowest BCUT2D eigenvalue weighted by Crippen LogP contribution is -2.20. The SMILES string of the molecule is CCC(=O)[C@@H](O)CCCN. The largest absolute Gasteiger partial charge is 0.385 e. The number of Topliss-reactive ketones (excluding diaryl/α,β-unsaturated/α-hetero) is 1. The summed E-state index contributed by atoms with van der Waals surface area (Å²) in [7, 11) is 0. The molecule has 3 nitrogen and oxygen atoms in total. The zero-order valence-electron chi connectivity index (χ0n) is 6.34. The lowest BCUT2D eigenvalue weighted by Gasteiger charge is -2.05. The summed E-state index contributed by atoms with van der Waals surface area (Å²) >= 11 is 0. The Hall–Kier alpha value is -0.410. The Morgan fingerprint density at radius 3 is 2.70 bits per heavy atom. The molecular formula is C7H15NO2. The molecule has 0 aliphatic rings. The first-order valence-electron chi connectivity index (χ1n) is 3.63. The highest BCUT2D eigenvalue weighted by Crippen LogP contribution is 1.98. The van der Waals surface area contributed by atoms with Crippen molar-refractivity contribution in [3.8, 4) is 0 Å². The van der Waals surface area contributed by atoms with Gasteiger partial charge in [-0.2, -0.15) is 0 Å². The average molecular weight is 145 g/mol. The number of carbonyl (C=O) groups excluding carboxylic acids is 1. The van der Waals surface area contributed by atoms with Gasteiger partial charge in [-0.15, -0.1) is 0 Å². The second kappa shape index (κ2) is 5.38. The molecule has 0 radical (unpaired) electrons. The molecule has 0 aromatic heterocycles. The highest BCUT2D eigenvalue weighted by molar-refractivity contribution is 5.82. The second-order valence-electron chi connectivity index (χ2n) is 2.27. The van der Waals surface area contributed by atoms with Gasteiger partial charge in [-0.1, -0.05) is 6.92 Å². The molecule has 0 saturated heterocycles. The highest BCUT2D eigenvalue weighted by atomic mass is 16.3. The van der Waals surface area contributed by atoms with E-state index in [0.717, 1.165) is 0 Å². The van der Waals surface area contributed by atoms with Crippen LogP contribution < -0.4 is 5.73 Å². The van der Waals surface area contributed by atoms with Gasteiger partial charge in [0.2, 0.25) is 0 Å². The Labute approximate surface area is 61.2 Å². The van der Waals surface area contributed by atoms with Crippen molar-refractivity contribution in [3.05, 3.63) is 0 Å². The first-order valence-corrected chi connectivity index (χ1v) is 3.63. The minimum Gasteiger partial charge on any atom is -0.385 e. The number of ketones is 1. The van der Waals surface area contributed by atoms with Crippen molar-refractivity contribution in [2.24, 2.45) is 5.73 Å². The lowest BCUT2D eigenvalue weighted by molar-refractivity contribution is -0.127. The quantitative estimate of drug-likeness (QED) is 0.575. The van der Waals surface area contributed by atoms with E-state index in [4.69, 9.17) is 10.8 Å². The van der Waals surface area contributed by atoms with E-state index in [-0.39, 0.29) is 5.78 Å². The summed E-state index contributed by atoms with van der Waals surface area (Å²) in [6.07, 6.45) is 0.843. The van der Waals surface area contributed by atoms with Crippen molar-refractivity contribution in [3.63, 3.8) is 0 Å². The maximum atomic E-state index is 10.7. The second-order valence-corrected chi connectivity index (χ2v) is 2.27. The topological polar surface area (TPSA) is 63.3 Å². The predicted octanol–water partition coefficient (Wildman–Crippen LogP) is 0.0653. The normalized spacial score (nSPS) is 13.1. The fourth-order valence-corrected chi connectivity index (χ4v) is 0.708. The summed E-state index contributed by atoms with van der Waals surface area (Å²) in [6, 6.07) is 0. The molecule has 10 heavy (non-hydrogen) atoms. The molecule has 60 valence electrons. The average Bonchev–Trinajstić information content (AvgIpc) is 1.98. The molecule has 1 atom stereocenters. The number of hydrogen-bond donors (Lipinski definition) is 2. The molecule has 3 heteroatoms.